The number of hydrogen-bond acceptors (Lipinski definition) is 3. The molecule has 0 aromatic heterocycles. The van der Waals surface area contributed by atoms with Crippen molar-refractivity contribution in [1.29, 1.82) is 0 Å². The van der Waals surface area contributed by atoms with E-state index >= 15 is 0 Å². The number of benzene rings is 1. The second kappa shape index (κ2) is 5.27. The number of Topliss-reactive ketones (excluding diaryl/α,β-unsaturated/α-hetero) is 1. The lowest BCUT2D eigenvalue weighted by molar-refractivity contribution is -0.137. The average Bonchev–Trinajstić information content (AvgIpc) is 2.24. The highest BCUT2D eigenvalue weighted by Crippen LogP contribution is 2.28. The monoisotopic (exact) mass is 264 g/mol. The molecule has 0 aliphatic carbocycles. The summed E-state index contributed by atoms with van der Waals surface area (Å²) in [5.41, 5.74) is -0.562. The van der Waals surface area contributed by atoms with E-state index in [2.05, 4.69) is 4.74 Å². The number of carbonyl (C=O) groups is 2. The second-order valence-corrected chi connectivity index (χ2v) is 3.55. The summed E-state index contributed by atoms with van der Waals surface area (Å²) in [4.78, 5) is 22.6. The van der Waals surface area contributed by atoms with Gasteiger partial charge in [0.15, 0.2) is 0 Å². The topological polar surface area (TPSA) is 43.4 Å². The minimum atomic E-state index is -1.16. The summed E-state index contributed by atoms with van der Waals surface area (Å²) in [7, 11) is 0. The first kappa shape index (κ1) is 12.9. The van der Waals surface area contributed by atoms with Gasteiger partial charge < -0.3 is 4.74 Å². The van der Waals surface area contributed by atoms with E-state index in [4.69, 9.17) is 23.2 Å². The van der Waals surface area contributed by atoms with E-state index in [1.54, 1.807) is 0 Å². The first-order chi connectivity index (χ1) is 7.49. The van der Waals surface area contributed by atoms with E-state index in [0.717, 1.165) is 6.07 Å². The molecule has 3 nitrogen and oxygen atoms in total. The van der Waals surface area contributed by atoms with Gasteiger partial charge in [0, 0.05) is 0 Å². The smallest absolute Gasteiger partial charge is 0.379 e. The molecule has 0 aliphatic rings. The van der Waals surface area contributed by atoms with Crippen LogP contribution in [0.2, 0.25) is 10.0 Å². The molecule has 0 amide bonds. The minimum Gasteiger partial charge on any atom is -0.460 e. The molecule has 0 heterocycles. The number of hydrogen-bond donors (Lipinski definition) is 0. The highest BCUT2D eigenvalue weighted by Gasteiger charge is 2.25. The Hall–Kier alpha value is -1.13. The third-order valence-electron chi connectivity index (χ3n) is 1.73. The van der Waals surface area contributed by atoms with Crippen LogP contribution in [0.1, 0.15) is 17.3 Å². The van der Waals surface area contributed by atoms with Crippen molar-refractivity contribution in [2.75, 3.05) is 6.61 Å². The average molecular weight is 265 g/mol. The number of carbonyl (C=O) groups excluding carboxylic acids is 2. The van der Waals surface area contributed by atoms with Gasteiger partial charge in [-0.15, -0.1) is 0 Å². The molecule has 0 radical (unpaired) electrons. The molecule has 0 bridgehead atoms. The first-order valence-corrected chi connectivity index (χ1v) is 5.09. The summed E-state index contributed by atoms with van der Waals surface area (Å²) in [6, 6.07) is 2.15. The van der Waals surface area contributed by atoms with Gasteiger partial charge in [-0.2, -0.15) is 0 Å². The van der Waals surface area contributed by atoms with E-state index in [-0.39, 0.29) is 16.7 Å². The maximum atomic E-state index is 13.3. The van der Waals surface area contributed by atoms with Crippen LogP contribution in [0.25, 0.3) is 0 Å². The van der Waals surface area contributed by atoms with Crippen molar-refractivity contribution >= 4 is 35.0 Å². The van der Waals surface area contributed by atoms with E-state index in [9.17, 15) is 14.0 Å². The van der Waals surface area contributed by atoms with Crippen LogP contribution in [-0.4, -0.2) is 18.4 Å². The van der Waals surface area contributed by atoms with Crippen molar-refractivity contribution in [2.24, 2.45) is 0 Å². The standard InChI is InChI=1S/C10H7Cl2FO3/c1-2-16-10(15)9(14)7-6(13)4-3-5(11)8(7)12/h3-4H,2H2,1H3. The molecule has 86 valence electrons. The number of esters is 1. The van der Waals surface area contributed by atoms with Crippen molar-refractivity contribution in [1.82, 2.24) is 0 Å². The van der Waals surface area contributed by atoms with Crippen LogP contribution in [-0.2, 0) is 9.53 Å². The first-order valence-electron chi connectivity index (χ1n) is 4.34. The fourth-order valence-corrected chi connectivity index (χ4v) is 1.43. The SMILES string of the molecule is CCOC(=O)C(=O)c1c(F)ccc(Cl)c1Cl. The van der Waals surface area contributed by atoms with Crippen LogP contribution < -0.4 is 0 Å². The van der Waals surface area contributed by atoms with Crippen molar-refractivity contribution in [3.63, 3.8) is 0 Å². The van der Waals surface area contributed by atoms with Gasteiger partial charge >= 0.3 is 5.97 Å². The van der Waals surface area contributed by atoms with Crippen molar-refractivity contribution in [3.05, 3.63) is 33.6 Å². The fraction of sp³-hybridized carbons (Fsp3) is 0.200. The van der Waals surface area contributed by atoms with Gasteiger partial charge in [0.05, 0.1) is 22.2 Å². The molecular formula is C10H7Cl2FO3. The summed E-state index contributed by atoms with van der Waals surface area (Å²) < 4.78 is 17.8. The van der Waals surface area contributed by atoms with Crippen LogP contribution >= 0.6 is 23.2 Å². The molecule has 0 saturated heterocycles. The zero-order chi connectivity index (χ0) is 12.3. The predicted molar refractivity (Wildman–Crippen MR) is 57.4 cm³/mol. The zero-order valence-corrected chi connectivity index (χ0v) is 9.73. The Morgan fingerprint density at radius 1 is 1.38 bits per heavy atom. The molecule has 0 fully saturated rings. The van der Waals surface area contributed by atoms with E-state index < -0.39 is 23.1 Å². The quantitative estimate of drug-likeness (QED) is 0.365. The predicted octanol–water partition coefficient (Wildman–Crippen LogP) is 2.88. The lowest BCUT2D eigenvalue weighted by Crippen LogP contribution is -2.19. The summed E-state index contributed by atoms with van der Waals surface area (Å²) in [5.74, 6) is -3.22. The third kappa shape index (κ3) is 2.51. The molecule has 1 aromatic carbocycles. The number of rotatable bonds is 3. The second-order valence-electron chi connectivity index (χ2n) is 2.77. The van der Waals surface area contributed by atoms with Gasteiger partial charge in [0.2, 0.25) is 0 Å². The minimum absolute atomic E-state index is 0.00397. The number of ether oxygens (including phenoxy) is 1. The summed E-state index contributed by atoms with van der Waals surface area (Å²) in [6.45, 7) is 1.55. The van der Waals surface area contributed by atoms with Gasteiger partial charge in [0.1, 0.15) is 5.82 Å². The highest BCUT2D eigenvalue weighted by molar-refractivity contribution is 6.49. The fourth-order valence-electron chi connectivity index (χ4n) is 1.03. The lowest BCUT2D eigenvalue weighted by atomic mass is 10.1. The van der Waals surface area contributed by atoms with Gasteiger partial charge in [-0.05, 0) is 19.1 Å². The maximum absolute atomic E-state index is 13.3. The molecule has 0 atom stereocenters. The van der Waals surface area contributed by atoms with Crippen LogP contribution in [0.4, 0.5) is 4.39 Å². The Balaban J connectivity index is 3.18. The van der Waals surface area contributed by atoms with Crippen LogP contribution in [0, 0.1) is 5.82 Å². The van der Waals surface area contributed by atoms with E-state index in [1.165, 1.54) is 13.0 Å². The van der Waals surface area contributed by atoms with Crippen LogP contribution in [0.3, 0.4) is 0 Å². The summed E-state index contributed by atoms with van der Waals surface area (Å²) in [5, 5.41) is -0.296. The molecule has 16 heavy (non-hydrogen) atoms. The molecule has 0 spiro atoms. The maximum Gasteiger partial charge on any atom is 0.379 e. The van der Waals surface area contributed by atoms with Gasteiger partial charge in [-0.3, -0.25) is 4.79 Å². The largest absolute Gasteiger partial charge is 0.460 e. The van der Waals surface area contributed by atoms with Gasteiger partial charge in [-0.1, -0.05) is 23.2 Å². The Labute approximate surface area is 101 Å². The molecule has 1 rings (SSSR count). The van der Waals surface area contributed by atoms with Crippen molar-refractivity contribution in [3.8, 4) is 0 Å². The van der Waals surface area contributed by atoms with Crippen LogP contribution in [0.5, 0.6) is 0 Å². The summed E-state index contributed by atoms with van der Waals surface area (Å²) in [6.07, 6.45) is 0. The number of ketones is 1. The van der Waals surface area contributed by atoms with Crippen LogP contribution in [0.15, 0.2) is 12.1 Å². The van der Waals surface area contributed by atoms with E-state index in [1.807, 2.05) is 0 Å². The Bertz CT molecular complexity index is 446. The Kier molecular flexibility index (Phi) is 4.26. The molecule has 0 saturated carbocycles. The molecular weight excluding hydrogens is 258 g/mol. The molecule has 0 unspecified atom stereocenters. The zero-order valence-electron chi connectivity index (χ0n) is 8.22. The van der Waals surface area contributed by atoms with E-state index in [0.29, 0.717) is 0 Å². The molecule has 0 aliphatic heterocycles. The molecule has 6 heteroatoms. The Morgan fingerprint density at radius 3 is 2.56 bits per heavy atom. The lowest BCUT2D eigenvalue weighted by Gasteiger charge is -2.05. The van der Waals surface area contributed by atoms with Crippen molar-refractivity contribution in [2.45, 2.75) is 6.92 Å². The molecule has 0 N–H and O–H groups in total. The third-order valence-corrected chi connectivity index (χ3v) is 2.54. The molecule has 1 aromatic rings. The normalized spacial score (nSPS) is 10.0. The summed E-state index contributed by atoms with van der Waals surface area (Å²) >= 11 is 11.2. The Morgan fingerprint density at radius 2 is 2.00 bits per heavy atom. The van der Waals surface area contributed by atoms with Gasteiger partial charge in [0.25, 0.3) is 5.78 Å². The van der Waals surface area contributed by atoms with Gasteiger partial charge in [-0.25, -0.2) is 9.18 Å². The number of halogens is 3. The highest BCUT2D eigenvalue weighted by atomic mass is 35.5. The van der Waals surface area contributed by atoms with Crippen molar-refractivity contribution < 1.29 is 18.7 Å².